The summed E-state index contributed by atoms with van der Waals surface area (Å²) in [6.07, 6.45) is 2.07. The van der Waals surface area contributed by atoms with Crippen molar-refractivity contribution in [3.05, 3.63) is 28.2 Å². The number of hydrogen-bond donors (Lipinski definition) is 1. The average Bonchev–Trinajstić information content (AvgIpc) is 2.76. The van der Waals surface area contributed by atoms with Crippen LogP contribution in [0.15, 0.2) is 18.2 Å². The molecule has 1 amide bonds. The average molecular weight is 326 g/mol. The molecule has 3 nitrogen and oxygen atoms in total. The van der Waals surface area contributed by atoms with E-state index in [0.717, 1.165) is 6.42 Å². The van der Waals surface area contributed by atoms with Crippen molar-refractivity contribution in [3.8, 4) is 0 Å². The van der Waals surface area contributed by atoms with Gasteiger partial charge in [0, 0.05) is 11.4 Å². The molecule has 2 aliphatic rings. The highest BCUT2D eigenvalue weighted by molar-refractivity contribution is 6.36. The first kappa shape index (κ1) is 14.9. The molecule has 1 N–H and O–H groups in total. The summed E-state index contributed by atoms with van der Waals surface area (Å²) in [5, 5.41) is 3.72. The molecule has 2 saturated carbocycles. The zero-order chi connectivity index (χ0) is 15.4. The van der Waals surface area contributed by atoms with Gasteiger partial charge in [-0.1, -0.05) is 37.0 Å². The third kappa shape index (κ3) is 1.94. The smallest absolute Gasteiger partial charge is 0.238 e. The van der Waals surface area contributed by atoms with Gasteiger partial charge in [0.2, 0.25) is 5.91 Å². The monoisotopic (exact) mass is 325 g/mol. The number of nitrogens with one attached hydrogen (secondary N) is 1. The summed E-state index contributed by atoms with van der Waals surface area (Å²) in [5.41, 5.74) is -0.715. The summed E-state index contributed by atoms with van der Waals surface area (Å²) >= 11 is 12.0. The molecule has 5 heteroatoms. The van der Waals surface area contributed by atoms with Crippen molar-refractivity contribution in [1.29, 1.82) is 0 Å². The molecule has 0 aromatic heterocycles. The van der Waals surface area contributed by atoms with Crippen molar-refractivity contribution < 1.29 is 9.59 Å². The number of hydrogen-bond acceptors (Lipinski definition) is 2. The lowest BCUT2D eigenvalue weighted by Crippen LogP contribution is -2.46. The van der Waals surface area contributed by atoms with Gasteiger partial charge in [0.1, 0.15) is 11.2 Å². The summed E-state index contributed by atoms with van der Waals surface area (Å²) in [6.45, 7) is 4.05. The minimum Gasteiger partial charge on any atom is -0.324 e. The molecule has 2 bridgehead atoms. The van der Waals surface area contributed by atoms with E-state index in [4.69, 9.17) is 23.2 Å². The van der Waals surface area contributed by atoms with Gasteiger partial charge in [0.05, 0.1) is 10.7 Å². The molecule has 1 aromatic carbocycles. The van der Waals surface area contributed by atoms with Crippen molar-refractivity contribution >= 4 is 40.6 Å². The Balaban J connectivity index is 1.93. The van der Waals surface area contributed by atoms with E-state index in [1.165, 1.54) is 0 Å². The molecule has 21 heavy (non-hydrogen) atoms. The lowest BCUT2D eigenvalue weighted by atomic mass is 9.68. The van der Waals surface area contributed by atoms with E-state index < -0.39 is 5.41 Å². The second-order valence-electron chi connectivity index (χ2n) is 6.57. The normalized spacial score (nSPS) is 29.7. The van der Waals surface area contributed by atoms with Gasteiger partial charge in [-0.2, -0.15) is 0 Å². The van der Waals surface area contributed by atoms with Crippen LogP contribution < -0.4 is 5.32 Å². The van der Waals surface area contributed by atoms with Crippen LogP contribution in [-0.4, -0.2) is 11.7 Å². The van der Waals surface area contributed by atoms with Gasteiger partial charge in [-0.05, 0) is 42.4 Å². The number of fused-ring (bicyclic) bond motifs is 2. The molecular weight excluding hydrogens is 309 g/mol. The Hall–Kier alpha value is -1.06. The van der Waals surface area contributed by atoms with Crippen LogP contribution in [0.3, 0.4) is 0 Å². The van der Waals surface area contributed by atoms with Crippen LogP contribution in [0.1, 0.15) is 33.1 Å². The largest absolute Gasteiger partial charge is 0.324 e. The predicted molar refractivity (Wildman–Crippen MR) is 83.7 cm³/mol. The molecule has 0 saturated heterocycles. The highest BCUT2D eigenvalue weighted by Crippen LogP contribution is 2.64. The van der Waals surface area contributed by atoms with Crippen molar-refractivity contribution in [1.82, 2.24) is 0 Å². The highest BCUT2D eigenvalue weighted by atomic mass is 35.5. The van der Waals surface area contributed by atoms with Crippen LogP contribution in [-0.2, 0) is 9.59 Å². The van der Waals surface area contributed by atoms with E-state index >= 15 is 0 Å². The third-order valence-electron chi connectivity index (χ3n) is 5.46. The van der Waals surface area contributed by atoms with Crippen molar-refractivity contribution in [2.45, 2.75) is 33.1 Å². The van der Waals surface area contributed by atoms with Gasteiger partial charge in [-0.3, -0.25) is 9.59 Å². The SMILES string of the molecule is CC1(C)C2CCC1(C(=O)Nc1ccc(Cl)cc1Cl)C(=O)C2. The third-order valence-corrected chi connectivity index (χ3v) is 6.01. The maximum Gasteiger partial charge on any atom is 0.238 e. The maximum absolute atomic E-state index is 12.8. The van der Waals surface area contributed by atoms with Gasteiger partial charge >= 0.3 is 0 Å². The van der Waals surface area contributed by atoms with Gasteiger partial charge < -0.3 is 5.32 Å². The quantitative estimate of drug-likeness (QED) is 0.823. The second-order valence-corrected chi connectivity index (χ2v) is 7.41. The number of anilines is 1. The van der Waals surface area contributed by atoms with Crippen molar-refractivity contribution in [3.63, 3.8) is 0 Å². The van der Waals surface area contributed by atoms with Gasteiger partial charge in [-0.25, -0.2) is 0 Å². The molecule has 0 heterocycles. The van der Waals surface area contributed by atoms with E-state index in [1.807, 2.05) is 13.8 Å². The molecule has 0 aliphatic heterocycles. The molecule has 3 rings (SSSR count). The minimum atomic E-state index is -0.916. The highest BCUT2D eigenvalue weighted by Gasteiger charge is 2.68. The molecule has 2 unspecified atom stereocenters. The number of ketones is 1. The lowest BCUT2D eigenvalue weighted by molar-refractivity contribution is -0.141. The fraction of sp³-hybridized carbons (Fsp3) is 0.500. The Morgan fingerprint density at radius 1 is 1.33 bits per heavy atom. The fourth-order valence-corrected chi connectivity index (χ4v) is 4.48. The number of halogens is 2. The molecule has 2 atom stereocenters. The zero-order valence-electron chi connectivity index (χ0n) is 12.0. The Morgan fingerprint density at radius 3 is 2.57 bits per heavy atom. The van der Waals surface area contributed by atoms with Gasteiger partial charge in [0.15, 0.2) is 0 Å². The Labute approximate surface area is 134 Å². The standard InChI is InChI=1S/C16H17Cl2NO2/c1-15(2)9-5-6-16(15,13(20)7-9)14(21)19-12-4-3-10(17)8-11(12)18/h3-4,8-9H,5-7H2,1-2H3,(H,19,21). The number of carbonyl (C=O) groups excluding carboxylic acids is 2. The topological polar surface area (TPSA) is 46.2 Å². The second kappa shape index (κ2) is 4.72. The van der Waals surface area contributed by atoms with Crippen LogP contribution in [0.25, 0.3) is 0 Å². The van der Waals surface area contributed by atoms with Crippen LogP contribution in [0.5, 0.6) is 0 Å². The number of rotatable bonds is 2. The van der Waals surface area contributed by atoms with Gasteiger partial charge in [-0.15, -0.1) is 0 Å². The number of carbonyl (C=O) groups is 2. The first-order valence-electron chi connectivity index (χ1n) is 7.09. The zero-order valence-corrected chi connectivity index (χ0v) is 13.5. The first-order valence-corrected chi connectivity index (χ1v) is 7.84. The fourth-order valence-electron chi connectivity index (χ4n) is 4.03. The summed E-state index contributed by atoms with van der Waals surface area (Å²) in [6, 6.07) is 4.91. The molecule has 1 aromatic rings. The summed E-state index contributed by atoms with van der Waals surface area (Å²) < 4.78 is 0. The molecule has 2 fully saturated rings. The molecular formula is C16H17Cl2NO2. The minimum absolute atomic E-state index is 0.0614. The van der Waals surface area contributed by atoms with E-state index in [2.05, 4.69) is 5.32 Å². The molecule has 0 radical (unpaired) electrons. The van der Waals surface area contributed by atoms with E-state index in [1.54, 1.807) is 18.2 Å². The maximum atomic E-state index is 12.8. The number of benzene rings is 1. The number of Topliss-reactive ketones (excluding diaryl/α,β-unsaturated/α-hetero) is 1. The molecule has 112 valence electrons. The van der Waals surface area contributed by atoms with Crippen molar-refractivity contribution in [2.75, 3.05) is 5.32 Å². The predicted octanol–water partition coefficient (Wildman–Crippen LogP) is 4.33. The molecule has 2 aliphatic carbocycles. The summed E-state index contributed by atoms with van der Waals surface area (Å²) in [5.74, 6) is 0.129. The van der Waals surface area contributed by atoms with E-state index in [-0.39, 0.29) is 17.1 Å². The first-order chi connectivity index (χ1) is 9.79. The number of amides is 1. The van der Waals surface area contributed by atoms with Crippen LogP contribution >= 0.6 is 23.2 Å². The Bertz CT molecular complexity index is 641. The molecule has 0 spiro atoms. The van der Waals surface area contributed by atoms with Gasteiger partial charge in [0.25, 0.3) is 0 Å². The summed E-state index contributed by atoms with van der Waals surface area (Å²) in [4.78, 5) is 25.3. The van der Waals surface area contributed by atoms with Crippen LogP contribution in [0, 0.1) is 16.7 Å². The van der Waals surface area contributed by atoms with Crippen molar-refractivity contribution in [2.24, 2.45) is 16.7 Å². The van der Waals surface area contributed by atoms with Crippen LogP contribution in [0.2, 0.25) is 10.0 Å². The van der Waals surface area contributed by atoms with Crippen LogP contribution in [0.4, 0.5) is 5.69 Å². The van der Waals surface area contributed by atoms with E-state index in [9.17, 15) is 9.59 Å². The summed E-state index contributed by atoms with van der Waals surface area (Å²) in [7, 11) is 0. The Kier molecular flexibility index (Phi) is 3.34. The Morgan fingerprint density at radius 2 is 2.05 bits per heavy atom. The lowest BCUT2D eigenvalue weighted by Gasteiger charge is -2.35. The van der Waals surface area contributed by atoms with E-state index in [0.29, 0.717) is 34.5 Å².